The number of aromatic nitrogens is 1. The molecule has 0 N–H and O–H groups in total. The van der Waals surface area contributed by atoms with E-state index in [-0.39, 0.29) is 9.92 Å². The van der Waals surface area contributed by atoms with E-state index in [1.54, 1.807) is 0 Å². The Bertz CT molecular complexity index is 759. The Morgan fingerprint density at radius 1 is 0.958 bits per heavy atom. The Morgan fingerprint density at radius 3 is 2.00 bits per heavy atom. The van der Waals surface area contributed by atoms with E-state index in [2.05, 4.69) is 4.98 Å². The number of halogens is 6. The molecule has 0 radical (unpaired) electrons. The molecule has 11 heteroatoms. The number of nitrogens with zero attached hydrogens (tertiary/aromatic N) is 2. The fraction of sp³-hybridized carbons (Fsp3) is 0.154. The molecule has 4 nitrogen and oxygen atoms in total. The third-order valence-electron chi connectivity index (χ3n) is 2.76. The minimum absolute atomic E-state index is 0.0224. The average Bonchev–Trinajstić information content (AvgIpc) is 2.46. The van der Waals surface area contributed by atoms with E-state index < -0.39 is 34.1 Å². The smallest absolute Gasteiger partial charge is 0.258 e. The number of rotatable bonds is 3. The molecule has 0 spiro atoms. The summed E-state index contributed by atoms with van der Waals surface area (Å²) in [6, 6.07) is 3.61. The van der Waals surface area contributed by atoms with Crippen LogP contribution < -0.4 is 0 Å². The van der Waals surface area contributed by atoms with Gasteiger partial charge in [-0.1, -0.05) is 11.8 Å². The largest absolute Gasteiger partial charge is 0.417 e. The molecule has 0 aliphatic heterocycles. The first-order chi connectivity index (χ1) is 11.0. The maximum Gasteiger partial charge on any atom is 0.417 e. The first kappa shape index (κ1) is 18.0. The van der Waals surface area contributed by atoms with E-state index >= 15 is 0 Å². The summed E-state index contributed by atoms with van der Waals surface area (Å²) < 4.78 is 75.1. The van der Waals surface area contributed by atoms with Crippen LogP contribution in [0.1, 0.15) is 11.1 Å². The first-order valence-electron chi connectivity index (χ1n) is 6.05. The lowest BCUT2D eigenvalue weighted by Crippen LogP contribution is -2.06. The van der Waals surface area contributed by atoms with Gasteiger partial charge in [0.05, 0.1) is 20.9 Å². The molecule has 0 aliphatic carbocycles. The van der Waals surface area contributed by atoms with Gasteiger partial charge in [0.1, 0.15) is 5.03 Å². The summed E-state index contributed by atoms with van der Waals surface area (Å²) in [6.45, 7) is 0. The van der Waals surface area contributed by atoms with E-state index in [1.807, 2.05) is 0 Å². The predicted molar refractivity (Wildman–Crippen MR) is 71.5 cm³/mol. The number of alkyl halides is 6. The standard InChI is InChI=1S/C13H6F6N2O2S/c14-12(15,16)7-1-3-10(9(5-7)21(22)23)24-11-4-2-8(6-20-11)13(17,18)19/h1-6H. The maximum absolute atomic E-state index is 12.6. The number of nitro benzene ring substituents is 1. The second kappa shape index (κ2) is 6.30. The molecule has 0 unspecified atom stereocenters. The maximum atomic E-state index is 12.6. The van der Waals surface area contributed by atoms with Gasteiger partial charge in [0.15, 0.2) is 0 Å². The molecule has 0 aliphatic rings. The fourth-order valence-electron chi connectivity index (χ4n) is 1.64. The molecule has 0 bridgehead atoms. The third-order valence-corrected chi connectivity index (χ3v) is 3.78. The highest BCUT2D eigenvalue weighted by atomic mass is 32.2. The Labute approximate surface area is 134 Å². The van der Waals surface area contributed by atoms with E-state index in [4.69, 9.17) is 0 Å². The topological polar surface area (TPSA) is 56.0 Å². The van der Waals surface area contributed by atoms with Gasteiger partial charge in [0.2, 0.25) is 0 Å². The Kier molecular flexibility index (Phi) is 4.74. The monoisotopic (exact) mass is 368 g/mol. The van der Waals surface area contributed by atoms with Crippen LogP contribution in [0, 0.1) is 10.1 Å². The summed E-state index contributed by atoms with van der Waals surface area (Å²) in [7, 11) is 0. The molecule has 0 atom stereocenters. The van der Waals surface area contributed by atoms with Gasteiger partial charge in [-0.25, -0.2) is 4.98 Å². The van der Waals surface area contributed by atoms with Gasteiger partial charge in [-0.2, -0.15) is 26.3 Å². The molecule has 24 heavy (non-hydrogen) atoms. The molecule has 0 fully saturated rings. The average molecular weight is 368 g/mol. The van der Waals surface area contributed by atoms with Crippen molar-refractivity contribution >= 4 is 17.4 Å². The summed E-state index contributed by atoms with van der Waals surface area (Å²) in [5.74, 6) is 0. The van der Waals surface area contributed by atoms with Crippen LogP contribution in [-0.2, 0) is 12.4 Å². The quantitative estimate of drug-likeness (QED) is 0.426. The zero-order chi connectivity index (χ0) is 18.1. The van der Waals surface area contributed by atoms with Gasteiger partial charge in [-0.15, -0.1) is 0 Å². The minimum Gasteiger partial charge on any atom is -0.258 e. The second-order valence-corrected chi connectivity index (χ2v) is 5.48. The highest BCUT2D eigenvalue weighted by molar-refractivity contribution is 7.99. The van der Waals surface area contributed by atoms with Crippen molar-refractivity contribution in [2.45, 2.75) is 22.3 Å². The molecule has 0 amide bonds. The van der Waals surface area contributed by atoms with Crippen molar-refractivity contribution in [3.63, 3.8) is 0 Å². The fourth-order valence-corrected chi connectivity index (χ4v) is 2.48. The Hall–Kier alpha value is -2.30. The molecule has 128 valence electrons. The van der Waals surface area contributed by atoms with Crippen molar-refractivity contribution in [2.24, 2.45) is 0 Å². The van der Waals surface area contributed by atoms with Crippen LogP contribution in [0.4, 0.5) is 32.0 Å². The molecule has 2 aromatic rings. The summed E-state index contributed by atoms with van der Waals surface area (Å²) in [5.41, 5.74) is -3.01. The molecular weight excluding hydrogens is 362 g/mol. The molecule has 2 rings (SSSR count). The summed E-state index contributed by atoms with van der Waals surface area (Å²) in [5, 5.41) is 10.9. The summed E-state index contributed by atoms with van der Waals surface area (Å²) >= 11 is 0.594. The van der Waals surface area contributed by atoms with Crippen molar-refractivity contribution in [3.05, 3.63) is 57.8 Å². The van der Waals surface area contributed by atoms with Crippen LogP contribution in [0.5, 0.6) is 0 Å². The lowest BCUT2D eigenvalue weighted by Gasteiger charge is -2.09. The Morgan fingerprint density at radius 2 is 1.54 bits per heavy atom. The van der Waals surface area contributed by atoms with Crippen LogP contribution in [-0.4, -0.2) is 9.91 Å². The van der Waals surface area contributed by atoms with Gasteiger partial charge in [0.25, 0.3) is 5.69 Å². The van der Waals surface area contributed by atoms with Crippen LogP contribution in [0.15, 0.2) is 46.5 Å². The van der Waals surface area contributed by atoms with Gasteiger partial charge in [0, 0.05) is 12.3 Å². The first-order valence-corrected chi connectivity index (χ1v) is 6.87. The molecule has 1 heterocycles. The van der Waals surface area contributed by atoms with Crippen molar-refractivity contribution < 1.29 is 31.3 Å². The molecule has 1 aromatic heterocycles. The summed E-state index contributed by atoms with van der Waals surface area (Å²) in [6.07, 6.45) is -8.80. The number of nitro groups is 1. The lowest BCUT2D eigenvalue weighted by atomic mass is 10.2. The summed E-state index contributed by atoms with van der Waals surface area (Å²) in [4.78, 5) is 13.3. The third kappa shape index (κ3) is 4.16. The zero-order valence-electron chi connectivity index (χ0n) is 11.4. The van der Waals surface area contributed by atoms with E-state index in [1.165, 1.54) is 0 Å². The number of benzene rings is 1. The van der Waals surface area contributed by atoms with E-state index in [0.29, 0.717) is 30.1 Å². The SMILES string of the molecule is O=[N+]([O-])c1cc(C(F)(F)F)ccc1Sc1ccc(C(F)(F)F)cn1. The molecular formula is C13H6F6N2O2S. The predicted octanol–water partition coefficient (Wildman–Crippen LogP) is 5.18. The van der Waals surface area contributed by atoms with Crippen molar-refractivity contribution in [1.82, 2.24) is 4.98 Å². The van der Waals surface area contributed by atoms with E-state index in [9.17, 15) is 36.5 Å². The van der Waals surface area contributed by atoms with Crippen molar-refractivity contribution in [1.29, 1.82) is 0 Å². The minimum atomic E-state index is -4.75. The highest BCUT2D eigenvalue weighted by Gasteiger charge is 2.33. The van der Waals surface area contributed by atoms with Gasteiger partial charge in [-0.3, -0.25) is 10.1 Å². The van der Waals surface area contributed by atoms with E-state index in [0.717, 1.165) is 18.2 Å². The lowest BCUT2D eigenvalue weighted by molar-refractivity contribution is -0.388. The van der Waals surface area contributed by atoms with Gasteiger partial charge < -0.3 is 0 Å². The number of pyridine rings is 1. The number of hydrogen-bond donors (Lipinski definition) is 0. The van der Waals surface area contributed by atoms with Crippen LogP contribution in [0.2, 0.25) is 0 Å². The van der Waals surface area contributed by atoms with Crippen LogP contribution in [0.25, 0.3) is 0 Å². The van der Waals surface area contributed by atoms with Crippen LogP contribution in [0.3, 0.4) is 0 Å². The number of hydrogen-bond acceptors (Lipinski definition) is 4. The highest BCUT2D eigenvalue weighted by Crippen LogP contribution is 2.39. The Balaban J connectivity index is 2.34. The normalized spacial score (nSPS) is 12.2. The van der Waals surface area contributed by atoms with Crippen molar-refractivity contribution in [2.75, 3.05) is 0 Å². The molecule has 0 saturated heterocycles. The second-order valence-electron chi connectivity index (χ2n) is 4.42. The zero-order valence-corrected chi connectivity index (χ0v) is 12.2. The van der Waals surface area contributed by atoms with Gasteiger partial charge >= 0.3 is 12.4 Å². The van der Waals surface area contributed by atoms with Crippen LogP contribution >= 0.6 is 11.8 Å². The van der Waals surface area contributed by atoms with Gasteiger partial charge in [-0.05, 0) is 24.3 Å². The van der Waals surface area contributed by atoms with Crippen molar-refractivity contribution in [3.8, 4) is 0 Å². The molecule has 0 saturated carbocycles. The molecule has 1 aromatic carbocycles.